The summed E-state index contributed by atoms with van der Waals surface area (Å²) in [4.78, 5) is 24.2. The molecule has 1 aliphatic rings. The van der Waals surface area contributed by atoms with Crippen LogP contribution in [0, 0.1) is 0 Å². The Kier molecular flexibility index (Phi) is 5.48. The number of aromatic nitrogens is 2. The molecule has 134 valence electrons. The summed E-state index contributed by atoms with van der Waals surface area (Å²) in [5, 5.41) is 6.82. The topological polar surface area (TPSA) is 58.1 Å². The third-order valence-electron chi connectivity index (χ3n) is 4.41. The van der Waals surface area contributed by atoms with E-state index >= 15 is 0 Å². The number of hydrogen-bond acceptors (Lipinski definition) is 6. The van der Waals surface area contributed by atoms with Crippen molar-refractivity contribution in [1.82, 2.24) is 14.9 Å². The van der Waals surface area contributed by atoms with Crippen LogP contribution in [0.3, 0.4) is 0 Å². The zero-order chi connectivity index (χ0) is 17.8. The van der Waals surface area contributed by atoms with Crippen molar-refractivity contribution in [3.8, 4) is 0 Å². The van der Waals surface area contributed by atoms with Crippen molar-refractivity contribution >= 4 is 44.9 Å². The molecule has 4 rings (SSSR count). The van der Waals surface area contributed by atoms with E-state index in [0.29, 0.717) is 5.75 Å². The first-order chi connectivity index (χ1) is 12.8. The van der Waals surface area contributed by atoms with E-state index < -0.39 is 0 Å². The van der Waals surface area contributed by atoms with Crippen LogP contribution in [0.15, 0.2) is 47.1 Å². The van der Waals surface area contributed by atoms with Crippen molar-refractivity contribution < 1.29 is 4.79 Å². The van der Waals surface area contributed by atoms with Gasteiger partial charge < -0.3 is 5.32 Å². The number of rotatable bonds is 6. The van der Waals surface area contributed by atoms with Gasteiger partial charge in [-0.05, 0) is 55.1 Å². The van der Waals surface area contributed by atoms with Gasteiger partial charge in [0, 0.05) is 17.6 Å². The Morgan fingerprint density at radius 2 is 1.96 bits per heavy atom. The van der Waals surface area contributed by atoms with Crippen LogP contribution in [0.5, 0.6) is 0 Å². The largest absolute Gasteiger partial charge is 0.325 e. The van der Waals surface area contributed by atoms with Crippen LogP contribution in [0.4, 0.5) is 5.69 Å². The van der Waals surface area contributed by atoms with Crippen LogP contribution in [0.2, 0.25) is 0 Å². The fourth-order valence-corrected chi connectivity index (χ4v) is 4.68. The van der Waals surface area contributed by atoms with Crippen molar-refractivity contribution in [2.45, 2.75) is 24.4 Å². The first kappa shape index (κ1) is 17.5. The molecule has 0 spiro atoms. The number of likely N-dealkylation sites (tertiary alicyclic amines) is 1. The van der Waals surface area contributed by atoms with Crippen LogP contribution in [0.25, 0.3) is 10.2 Å². The second-order valence-corrected chi connectivity index (χ2v) is 8.19. The van der Waals surface area contributed by atoms with E-state index in [0.717, 1.165) is 27.5 Å². The molecule has 1 N–H and O–H groups in total. The number of carbonyl (C=O) groups is 1. The Balaban J connectivity index is 1.31. The zero-order valence-corrected chi connectivity index (χ0v) is 16.0. The standard InChI is InChI=1S/C19H20N4OS2/c24-17(12-26-19-16-7-10-25-18(16)20-13-21-19)22-15-5-3-14(4-6-15)11-23-8-1-2-9-23/h3-7,10,13H,1-2,8-9,11-12H2,(H,22,24). The minimum Gasteiger partial charge on any atom is -0.325 e. The summed E-state index contributed by atoms with van der Waals surface area (Å²) >= 11 is 3.03. The molecule has 5 nitrogen and oxygen atoms in total. The van der Waals surface area contributed by atoms with E-state index in [4.69, 9.17) is 0 Å². The number of anilines is 1. The molecule has 0 radical (unpaired) electrons. The minimum absolute atomic E-state index is 0.0238. The Morgan fingerprint density at radius 1 is 1.15 bits per heavy atom. The average Bonchev–Trinajstić information content (AvgIpc) is 3.33. The third kappa shape index (κ3) is 4.23. The summed E-state index contributed by atoms with van der Waals surface area (Å²) in [7, 11) is 0. The van der Waals surface area contributed by atoms with Gasteiger partial charge in [-0.2, -0.15) is 0 Å². The van der Waals surface area contributed by atoms with Crippen molar-refractivity contribution in [2.75, 3.05) is 24.2 Å². The van der Waals surface area contributed by atoms with Gasteiger partial charge in [-0.1, -0.05) is 23.9 Å². The van der Waals surface area contributed by atoms with Crippen LogP contribution in [-0.2, 0) is 11.3 Å². The summed E-state index contributed by atoms with van der Waals surface area (Å²) in [5.41, 5.74) is 2.13. The molecule has 1 fully saturated rings. The lowest BCUT2D eigenvalue weighted by molar-refractivity contribution is -0.113. The lowest BCUT2D eigenvalue weighted by atomic mass is 10.2. The van der Waals surface area contributed by atoms with Crippen molar-refractivity contribution in [1.29, 1.82) is 0 Å². The highest BCUT2D eigenvalue weighted by atomic mass is 32.2. The predicted octanol–water partition coefficient (Wildman–Crippen LogP) is 4.02. The molecule has 1 saturated heterocycles. The number of nitrogens with zero attached hydrogens (tertiary/aromatic N) is 3. The Morgan fingerprint density at radius 3 is 2.77 bits per heavy atom. The van der Waals surface area contributed by atoms with Gasteiger partial charge in [0.25, 0.3) is 0 Å². The van der Waals surface area contributed by atoms with Crippen LogP contribution < -0.4 is 5.32 Å². The molecule has 0 bridgehead atoms. The molecule has 7 heteroatoms. The number of thioether (sulfide) groups is 1. The van der Waals surface area contributed by atoms with Gasteiger partial charge >= 0.3 is 0 Å². The molecule has 3 heterocycles. The van der Waals surface area contributed by atoms with Gasteiger partial charge in [-0.3, -0.25) is 9.69 Å². The number of thiophene rings is 1. The third-order valence-corrected chi connectivity index (χ3v) is 6.23. The molecule has 0 unspecified atom stereocenters. The monoisotopic (exact) mass is 384 g/mol. The summed E-state index contributed by atoms with van der Waals surface area (Å²) in [5.74, 6) is 0.307. The van der Waals surface area contributed by atoms with Gasteiger partial charge in [0.15, 0.2) is 0 Å². The predicted molar refractivity (Wildman–Crippen MR) is 108 cm³/mol. The fourth-order valence-electron chi connectivity index (χ4n) is 3.11. The first-order valence-corrected chi connectivity index (χ1v) is 10.6. The molecule has 1 aromatic carbocycles. The molecule has 26 heavy (non-hydrogen) atoms. The SMILES string of the molecule is O=C(CSc1ncnc2sccc12)Nc1ccc(CN2CCCC2)cc1. The quantitative estimate of drug-likeness (QED) is 0.514. The highest BCUT2D eigenvalue weighted by Gasteiger charge is 2.12. The van der Waals surface area contributed by atoms with E-state index in [1.807, 2.05) is 23.6 Å². The van der Waals surface area contributed by atoms with E-state index in [2.05, 4.69) is 32.3 Å². The van der Waals surface area contributed by atoms with Gasteiger partial charge in [0.2, 0.25) is 5.91 Å². The molecule has 1 aliphatic heterocycles. The van der Waals surface area contributed by atoms with E-state index in [9.17, 15) is 4.79 Å². The normalized spacial score (nSPS) is 14.8. The molecule has 2 aromatic heterocycles. The van der Waals surface area contributed by atoms with Gasteiger partial charge in [0.05, 0.1) is 5.75 Å². The van der Waals surface area contributed by atoms with E-state index in [1.54, 1.807) is 17.7 Å². The molecule has 1 amide bonds. The fraction of sp³-hybridized carbons (Fsp3) is 0.316. The number of amides is 1. The number of carbonyl (C=O) groups excluding carboxylic acids is 1. The van der Waals surface area contributed by atoms with Crippen LogP contribution in [0.1, 0.15) is 18.4 Å². The van der Waals surface area contributed by atoms with Gasteiger partial charge in [0.1, 0.15) is 16.2 Å². The van der Waals surface area contributed by atoms with Gasteiger partial charge in [-0.25, -0.2) is 9.97 Å². The van der Waals surface area contributed by atoms with E-state index in [-0.39, 0.29) is 5.91 Å². The second kappa shape index (κ2) is 8.16. The first-order valence-electron chi connectivity index (χ1n) is 8.70. The van der Waals surface area contributed by atoms with E-state index in [1.165, 1.54) is 43.3 Å². The smallest absolute Gasteiger partial charge is 0.234 e. The molecule has 0 saturated carbocycles. The highest BCUT2D eigenvalue weighted by Crippen LogP contribution is 2.27. The van der Waals surface area contributed by atoms with Gasteiger partial charge in [-0.15, -0.1) is 11.3 Å². The molecule has 0 atom stereocenters. The lowest BCUT2D eigenvalue weighted by Crippen LogP contribution is -2.18. The lowest BCUT2D eigenvalue weighted by Gasteiger charge is -2.14. The summed E-state index contributed by atoms with van der Waals surface area (Å²) in [6.07, 6.45) is 4.16. The van der Waals surface area contributed by atoms with Crippen LogP contribution >= 0.6 is 23.1 Å². The maximum absolute atomic E-state index is 12.2. The van der Waals surface area contributed by atoms with Crippen LogP contribution in [-0.4, -0.2) is 39.6 Å². The summed E-state index contributed by atoms with van der Waals surface area (Å²) < 4.78 is 0. The second-order valence-electron chi connectivity index (χ2n) is 6.34. The summed E-state index contributed by atoms with van der Waals surface area (Å²) in [6.45, 7) is 3.38. The number of nitrogens with one attached hydrogen (secondary N) is 1. The molecule has 3 aromatic rings. The molecule has 0 aliphatic carbocycles. The molecular weight excluding hydrogens is 364 g/mol. The number of fused-ring (bicyclic) bond motifs is 1. The number of benzene rings is 1. The summed E-state index contributed by atoms with van der Waals surface area (Å²) in [6, 6.07) is 10.2. The molecular formula is C19H20N4OS2. The van der Waals surface area contributed by atoms with Crippen molar-refractivity contribution in [2.24, 2.45) is 0 Å². The average molecular weight is 385 g/mol. The highest BCUT2D eigenvalue weighted by molar-refractivity contribution is 8.00. The Bertz CT molecular complexity index is 888. The Hall–Kier alpha value is -1.96. The Labute approximate surface area is 160 Å². The number of hydrogen-bond donors (Lipinski definition) is 1. The minimum atomic E-state index is -0.0238. The van der Waals surface area contributed by atoms with Crippen molar-refractivity contribution in [3.63, 3.8) is 0 Å². The maximum Gasteiger partial charge on any atom is 0.234 e. The van der Waals surface area contributed by atoms with Crippen molar-refractivity contribution in [3.05, 3.63) is 47.6 Å². The maximum atomic E-state index is 12.2. The zero-order valence-electron chi connectivity index (χ0n) is 14.4.